The second kappa shape index (κ2) is 5.67. The van der Waals surface area contributed by atoms with E-state index in [-0.39, 0.29) is 5.75 Å². The topological polar surface area (TPSA) is 46.2 Å². The highest BCUT2D eigenvalue weighted by Crippen LogP contribution is 2.21. The van der Waals surface area contributed by atoms with Crippen LogP contribution in [0.3, 0.4) is 0 Å². The van der Waals surface area contributed by atoms with Crippen molar-refractivity contribution in [3.63, 3.8) is 0 Å². The molecular formula is C16H19NO2S. The summed E-state index contributed by atoms with van der Waals surface area (Å²) in [6.07, 6.45) is 0. The Labute approximate surface area is 120 Å². The normalized spacial score (nSPS) is 11.3. The maximum atomic E-state index is 12.3. The first-order valence-electron chi connectivity index (χ1n) is 6.50. The molecule has 0 heterocycles. The number of sulfonamides is 1. The van der Waals surface area contributed by atoms with Gasteiger partial charge in [0.1, 0.15) is 0 Å². The van der Waals surface area contributed by atoms with Crippen LogP contribution in [-0.4, -0.2) is 8.42 Å². The molecule has 0 aromatic heterocycles. The fourth-order valence-corrected chi connectivity index (χ4v) is 3.40. The Bertz CT molecular complexity index is 721. The lowest BCUT2D eigenvalue weighted by atomic mass is 10.1. The first-order valence-corrected chi connectivity index (χ1v) is 8.15. The standard InChI is InChI=1S/C16H19NO2S/c1-12-8-6-10-16(14(12)3)17-20(18,19)11-15-9-5-4-7-13(15)2/h4-10,17H,11H2,1-3H3. The Hall–Kier alpha value is -1.81. The van der Waals surface area contributed by atoms with E-state index < -0.39 is 10.0 Å². The average Bonchev–Trinajstić information content (AvgIpc) is 2.37. The van der Waals surface area contributed by atoms with Crippen LogP contribution in [0.2, 0.25) is 0 Å². The molecule has 2 aromatic carbocycles. The fourth-order valence-electron chi connectivity index (χ4n) is 2.04. The molecule has 0 atom stereocenters. The fraction of sp³-hybridized carbons (Fsp3) is 0.250. The lowest BCUT2D eigenvalue weighted by molar-refractivity contribution is 0.600. The minimum absolute atomic E-state index is 0.00689. The summed E-state index contributed by atoms with van der Waals surface area (Å²) < 4.78 is 27.2. The summed E-state index contributed by atoms with van der Waals surface area (Å²) in [5.74, 6) is -0.00689. The van der Waals surface area contributed by atoms with Crippen molar-refractivity contribution in [1.29, 1.82) is 0 Å². The van der Waals surface area contributed by atoms with Crippen molar-refractivity contribution in [3.05, 3.63) is 64.7 Å². The molecule has 0 amide bonds. The highest BCUT2D eigenvalue weighted by atomic mass is 32.2. The first-order chi connectivity index (χ1) is 9.39. The molecule has 0 fully saturated rings. The maximum absolute atomic E-state index is 12.3. The first kappa shape index (κ1) is 14.6. The molecule has 0 aliphatic heterocycles. The second-order valence-electron chi connectivity index (χ2n) is 5.04. The van der Waals surface area contributed by atoms with E-state index >= 15 is 0 Å². The van der Waals surface area contributed by atoms with Gasteiger partial charge < -0.3 is 0 Å². The van der Waals surface area contributed by atoms with E-state index in [0.717, 1.165) is 22.3 Å². The van der Waals surface area contributed by atoms with Crippen LogP contribution in [0.15, 0.2) is 42.5 Å². The van der Waals surface area contributed by atoms with Crippen molar-refractivity contribution < 1.29 is 8.42 Å². The molecule has 1 N–H and O–H groups in total. The third-order valence-electron chi connectivity index (χ3n) is 3.48. The number of aryl methyl sites for hydroxylation is 2. The van der Waals surface area contributed by atoms with Gasteiger partial charge in [0.2, 0.25) is 10.0 Å². The number of anilines is 1. The summed E-state index contributed by atoms with van der Waals surface area (Å²) in [7, 11) is -3.40. The summed E-state index contributed by atoms with van der Waals surface area (Å²) in [4.78, 5) is 0. The van der Waals surface area contributed by atoms with Crippen molar-refractivity contribution in [2.24, 2.45) is 0 Å². The molecule has 20 heavy (non-hydrogen) atoms. The Morgan fingerprint density at radius 3 is 2.25 bits per heavy atom. The number of rotatable bonds is 4. The molecule has 3 nitrogen and oxygen atoms in total. The van der Waals surface area contributed by atoms with Gasteiger partial charge in [-0.3, -0.25) is 4.72 Å². The van der Waals surface area contributed by atoms with Crippen LogP contribution in [0.4, 0.5) is 5.69 Å². The van der Waals surface area contributed by atoms with E-state index in [1.54, 1.807) is 6.07 Å². The predicted molar refractivity (Wildman–Crippen MR) is 83.3 cm³/mol. The van der Waals surface area contributed by atoms with Crippen molar-refractivity contribution >= 4 is 15.7 Å². The van der Waals surface area contributed by atoms with Gasteiger partial charge in [-0.25, -0.2) is 8.42 Å². The van der Waals surface area contributed by atoms with Crippen molar-refractivity contribution in [3.8, 4) is 0 Å². The molecule has 0 unspecified atom stereocenters. The van der Waals surface area contributed by atoms with Gasteiger partial charge in [-0.1, -0.05) is 36.4 Å². The maximum Gasteiger partial charge on any atom is 0.236 e. The molecule has 106 valence electrons. The van der Waals surface area contributed by atoms with Gasteiger partial charge in [0.15, 0.2) is 0 Å². The van der Waals surface area contributed by atoms with E-state index in [9.17, 15) is 8.42 Å². The third-order valence-corrected chi connectivity index (χ3v) is 4.70. The van der Waals surface area contributed by atoms with Crippen molar-refractivity contribution in [1.82, 2.24) is 0 Å². The molecule has 4 heteroatoms. The van der Waals surface area contributed by atoms with Gasteiger partial charge in [-0.05, 0) is 49.1 Å². The molecule has 0 spiro atoms. The molecule has 0 saturated heterocycles. The molecule has 2 rings (SSSR count). The van der Waals surface area contributed by atoms with Crippen LogP contribution in [-0.2, 0) is 15.8 Å². The van der Waals surface area contributed by atoms with E-state index in [1.807, 2.05) is 57.2 Å². The lowest BCUT2D eigenvalue weighted by Crippen LogP contribution is -2.16. The van der Waals surface area contributed by atoms with Crippen molar-refractivity contribution in [2.75, 3.05) is 4.72 Å². The monoisotopic (exact) mass is 289 g/mol. The Morgan fingerprint density at radius 1 is 0.900 bits per heavy atom. The van der Waals surface area contributed by atoms with Crippen LogP contribution in [0.5, 0.6) is 0 Å². The van der Waals surface area contributed by atoms with E-state index in [0.29, 0.717) is 5.69 Å². The van der Waals surface area contributed by atoms with Gasteiger partial charge in [-0.2, -0.15) is 0 Å². The molecule has 0 aliphatic carbocycles. The van der Waals surface area contributed by atoms with Crippen LogP contribution < -0.4 is 4.72 Å². The number of nitrogens with one attached hydrogen (secondary N) is 1. The predicted octanol–water partition coefficient (Wildman–Crippen LogP) is 3.55. The average molecular weight is 289 g/mol. The zero-order valence-corrected chi connectivity index (χ0v) is 12.8. The largest absolute Gasteiger partial charge is 0.283 e. The Balaban J connectivity index is 2.24. The van der Waals surface area contributed by atoms with Gasteiger partial charge in [0, 0.05) is 0 Å². The van der Waals surface area contributed by atoms with Crippen LogP contribution in [0, 0.1) is 20.8 Å². The van der Waals surface area contributed by atoms with Gasteiger partial charge in [0.05, 0.1) is 11.4 Å². The zero-order chi connectivity index (χ0) is 14.8. The number of hydrogen-bond donors (Lipinski definition) is 1. The summed E-state index contributed by atoms with van der Waals surface area (Å²) in [6, 6.07) is 13.1. The molecule has 0 bridgehead atoms. The highest BCUT2D eigenvalue weighted by molar-refractivity contribution is 7.91. The molecular weight excluding hydrogens is 270 g/mol. The van der Waals surface area contributed by atoms with E-state index in [1.165, 1.54) is 0 Å². The SMILES string of the molecule is Cc1ccccc1CS(=O)(=O)Nc1cccc(C)c1C. The molecule has 2 aromatic rings. The Morgan fingerprint density at radius 2 is 1.55 bits per heavy atom. The summed E-state index contributed by atoms with van der Waals surface area (Å²) in [5.41, 5.74) is 4.49. The minimum Gasteiger partial charge on any atom is -0.283 e. The van der Waals surface area contributed by atoms with E-state index in [4.69, 9.17) is 0 Å². The molecule has 0 radical (unpaired) electrons. The van der Waals surface area contributed by atoms with Crippen LogP contribution >= 0.6 is 0 Å². The number of hydrogen-bond acceptors (Lipinski definition) is 2. The summed E-state index contributed by atoms with van der Waals surface area (Å²) in [6.45, 7) is 5.80. The highest BCUT2D eigenvalue weighted by Gasteiger charge is 2.14. The third kappa shape index (κ3) is 3.39. The summed E-state index contributed by atoms with van der Waals surface area (Å²) >= 11 is 0. The Kier molecular flexibility index (Phi) is 4.14. The van der Waals surface area contributed by atoms with Gasteiger partial charge >= 0.3 is 0 Å². The summed E-state index contributed by atoms with van der Waals surface area (Å²) in [5, 5.41) is 0. The minimum atomic E-state index is -3.40. The lowest BCUT2D eigenvalue weighted by Gasteiger charge is -2.13. The smallest absolute Gasteiger partial charge is 0.236 e. The molecule has 0 aliphatic rings. The van der Waals surface area contributed by atoms with Crippen molar-refractivity contribution in [2.45, 2.75) is 26.5 Å². The van der Waals surface area contributed by atoms with Crippen LogP contribution in [0.25, 0.3) is 0 Å². The quantitative estimate of drug-likeness (QED) is 0.935. The second-order valence-corrected chi connectivity index (χ2v) is 6.76. The number of benzene rings is 2. The van der Waals surface area contributed by atoms with Gasteiger partial charge in [0.25, 0.3) is 0 Å². The van der Waals surface area contributed by atoms with Crippen LogP contribution in [0.1, 0.15) is 22.3 Å². The van der Waals surface area contributed by atoms with E-state index in [2.05, 4.69) is 4.72 Å². The zero-order valence-electron chi connectivity index (χ0n) is 12.0. The van der Waals surface area contributed by atoms with Gasteiger partial charge in [-0.15, -0.1) is 0 Å². The molecule has 0 saturated carbocycles.